The Morgan fingerprint density at radius 2 is 1.88 bits per heavy atom. The number of fused-ring (bicyclic) bond motifs is 3. The molecule has 8 heteroatoms. The molecule has 1 aliphatic carbocycles. The summed E-state index contributed by atoms with van der Waals surface area (Å²) >= 11 is 0. The van der Waals surface area contributed by atoms with Crippen molar-refractivity contribution in [3.63, 3.8) is 0 Å². The Morgan fingerprint density at radius 3 is 2.62 bits per heavy atom. The SMILES string of the molecule is O=C(COC1CC2CCC(C1)N2c1nc2c(OCC3CC3)cccc2o1)N1CCOCC1. The number of ether oxygens (including phenoxy) is 3. The van der Waals surface area contributed by atoms with Gasteiger partial charge in [-0.05, 0) is 56.6 Å². The van der Waals surface area contributed by atoms with Crippen molar-refractivity contribution < 1.29 is 23.4 Å². The third-order valence-electron chi connectivity index (χ3n) is 7.26. The van der Waals surface area contributed by atoms with Crippen LogP contribution in [0.4, 0.5) is 6.01 Å². The van der Waals surface area contributed by atoms with Gasteiger partial charge in [-0.3, -0.25) is 4.79 Å². The van der Waals surface area contributed by atoms with Gasteiger partial charge in [-0.25, -0.2) is 0 Å². The smallest absolute Gasteiger partial charge is 0.299 e. The number of amides is 1. The predicted molar refractivity (Wildman–Crippen MR) is 118 cm³/mol. The molecular formula is C24H31N3O5. The van der Waals surface area contributed by atoms with E-state index in [9.17, 15) is 4.79 Å². The number of aromatic nitrogens is 1. The standard InChI is InChI=1S/C24H31N3O5/c28-22(26-8-10-29-11-9-26)15-30-19-12-17-6-7-18(13-19)27(17)24-25-23-20(31-14-16-4-5-16)2-1-3-21(23)32-24/h1-3,16-19H,4-15H2. The average molecular weight is 442 g/mol. The predicted octanol–water partition coefficient (Wildman–Crippen LogP) is 2.99. The Kier molecular flexibility index (Phi) is 5.43. The van der Waals surface area contributed by atoms with Crippen molar-refractivity contribution in [2.75, 3.05) is 44.4 Å². The van der Waals surface area contributed by atoms with E-state index in [2.05, 4.69) is 4.90 Å². The summed E-state index contributed by atoms with van der Waals surface area (Å²) in [5, 5.41) is 0. The van der Waals surface area contributed by atoms with Gasteiger partial charge in [-0.15, -0.1) is 0 Å². The summed E-state index contributed by atoms with van der Waals surface area (Å²) in [6.07, 6.45) is 6.64. The third kappa shape index (κ3) is 4.06. The highest BCUT2D eigenvalue weighted by Gasteiger charge is 2.43. The zero-order valence-electron chi connectivity index (χ0n) is 18.4. The molecule has 3 saturated heterocycles. The first kappa shape index (κ1) is 20.3. The number of morpholine rings is 1. The molecule has 32 heavy (non-hydrogen) atoms. The average Bonchev–Trinajstić information content (AvgIpc) is 3.49. The molecule has 8 nitrogen and oxygen atoms in total. The van der Waals surface area contributed by atoms with Crippen LogP contribution in [0.15, 0.2) is 22.6 Å². The largest absolute Gasteiger partial charge is 0.491 e. The second kappa shape index (κ2) is 8.56. The number of nitrogens with zero attached hydrogens (tertiary/aromatic N) is 3. The molecule has 1 saturated carbocycles. The minimum atomic E-state index is 0.0701. The first-order chi connectivity index (χ1) is 15.7. The van der Waals surface area contributed by atoms with E-state index < -0.39 is 0 Å². The van der Waals surface area contributed by atoms with Gasteiger partial charge in [0.15, 0.2) is 11.1 Å². The van der Waals surface area contributed by atoms with Crippen molar-refractivity contribution >= 4 is 23.0 Å². The highest BCUT2D eigenvalue weighted by molar-refractivity contribution is 5.81. The van der Waals surface area contributed by atoms with Crippen molar-refractivity contribution in [1.29, 1.82) is 0 Å². The molecule has 2 aromatic rings. The first-order valence-corrected chi connectivity index (χ1v) is 12.0. The van der Waals surface area contributed by atoms with Gasteiger partial charge >= 0.3 is 0 Å². The van der Waals surface area contributed by atoms with Crippen molar-refractivity contribution in [1.82, 2.24) is 9.88 Å². The monoisotopic (exact) mass is 441 g/mol. The number of para-hydroxylation sites is 1. The number of piperidine rings is 1. The fraction of sp³-hybridized carbons (Fsp3) is 0.667. The first-order valence-electron chi connectivity index (χ1n) is 12.0. The molecule has 2 atom stereocenters. The molecular weight excluding hydrogens is 410 g/mol. The molecule has 1 aromatic heterocycles. The summed E-state index contributed by atoms with van der Waals surface area (Å²) in [5.41, 5.74) is 1.60. The normalized spacial score (nSPS) is 27.8. The van der Waals surface area contributed by atoms with Gasteiger partial charge in [0.1, 0.15) is 12.4 Å². The second-order valence-electron chi connectivity index (χ2n) is 9.54. The van der Waals surface area contributed by atoms with Gasteiger partial charge in [0, 0.05) is 25.2 Å². The second-order valence-corrected chi connectivity index (χ2v) is 9.54. The number of hydrogen-bond donors (Lipinski definition) is 0. The molecule has 4 heterocycles. The summed E-state index contributed by atoms with van der Waals surface area (Å²) in [6.45, 7) is 3.48. The van der Waals surface area contributed by atoms with E-state index in [0.717, 1.165) is 49.1 Å². The quantitative estimate of drug-likeness (QED) is 0.654. The molecule has 6 rings (SSSR count). The van der Waals surface area contributed by atoms with E-state index in [1.165, 1.54) is 12.8 Å². The van der Waals surface area contributed by atoms with E-state index in [1.54, 1.807) is 0 Å². The maximum atomic E-state index is 12.4. The Morgan fingerprint density at radius 1 is 1.09 bits per heavy atom. The number of hydrogen-bond acceptors (Lipinski definition) is 7. The maximum absolute atomic E-state index is 12.4. The minimum Gasteiger partial charge on any atom is -0.491 e. The van der Waals surface area contributed by atoms with Crippen molar-refractivity contribution in [3.05, 3.63) is 18.2 Å². The van der Waals surface area contributed by atoms with Crippen molar-refractivity contribution in [2.24, 2.45) is 5.92 Å². The van der Waals surface area contributed by atoms with Crippen molar-refractivity contribution in [3.8, 4) is 5.75 Å². The summed E-state index contributed by atoms with van der Waals surface area (Å²) < 4.78 is 23.6. The fourth-order valence-electron chi connectivity index (χ4n) is 5.30. The summed E-state index contributed by atoms with van der Waals surface area (Å²) in [7, 11) is 0. The van der Waals surface area contributed by atoms with Crippen molar-refractivity contribution in [2.45, 2.75) is 56.7 Å². The van der Waals surface area contributed by atoms with Gasteiger partial charge in [0.2, 0.25) is 5.91 Å². The Bertz CT molecular complexity index is 954. The molecule has 0 N–H and O–H groups in total. The van der Waals surface area contributed by atoms with Gasteiger partial charge in [-0.1, -0.05) is 6.07 Å². The molecule has 2 unspecified atom stereocenters. The van der Waals surface area contributed by atoms with E-state index in [4.69, 9.17) is 23.6 Å². The maximum Gasteiger partial charge on any atom is 0.299 e. The summed E-state index contributed by atoms with van der Waals surface area (Å²) in [5.74, 6) is 1.58. The molecule has 3 aliphatic heterocycles. The number of carbonyl (C=O) groups excluding carboxylic acids is 1. The van der Waals surface area contributed by atoms with Crippen LogP contribution in [0.3, 0.4) is 0 Å². The Balaban J connectivity index is 1.11. The highest BCUT2D eigenvalue weighted by Crippen LogP contribution is 2.42. The lowest BCUT2D eigenvalue weighted by Gasteiger charge is -2.38. The molecule has 4 aliphatic rings. The molecule has 172 valence electrons. The number of oxazole rings is 1. The minimum absolute atomic E-state index is 0.0701. The van der Waals surface area contributed by atoms with Crippen LogP contribution in [0.5, 0.6) is 5.75 Å². The Labute approximate surface area is 187 Å². The number of rotatable bonds is 7. The number of benzene rings is 1. The summed E-state index contributed by atoms with van der Waals surface area (Å²) in [6, 6.07) is 7.28. The van der Waals surface area contributed by atoms with Crippen LogP contribution in [-0.2, 0) is 14.3 Å². The molecule has 0 spiro atoms. The molecule has 1 aromatic carbocycles. The lowest BCUT2D eigenvalue weighted by atomic mass is 10.0. The molecule has 2 bridgehead atoms. The van der Waals surface area contributed by atoms with Crippen LogP contribution in [0.1, 0.15) is 38.5 Å². The topological polar surface area (TPSA) is 77.3 Å². The number of carbonyl (C=O) groups is 1. The zero-order valence-corrected chi connectivity index (χ0v) is 18.4. The van der Waals surface area contributed by atoms with Crippen LogP contribution in [0.25, 0.3) is 11.1 Å². The molecule has 1 amide bonds. The van der Waals surface area contributed by atoms with Crippen LogP contribution in [-0.4, -0.2) is 73.5 Å². The van der Waals surface area contributed by atoms with Gasteiger partial charge < -0.3 is 28.4 Å². The van der Waals surface area contributed by atoms with Gasteiger partial charge in [0.25, 0.3) is 6.01 Å². The van der Waals surface area contributed by atoms with Crippen LogP contribution < -0.4 is 9.64 Å². The van der Waals surface area contributed by atoms with Gasteiger partial charge in [-0.2, -0.15) is 4.98 Å². The summed E-state index contributed by atoms with van der Waals surface area (Å²) in [4.78, 5) is 21.5. The van der Waals surface area contributed by atoms with Crippen LogP contribution >= 0.6 is 0 Å². The molecule has 4 fully saturated rings. The van der Waals surface area contributed by atoms with E-state index in [1.807, 2.05) is 23.1 Å². The van der Waals surface area contributed by atoms with Crippen LogP contribution in [0, 0.1) is 5.92 Å². The lowest BCUT2D eigenvalue weighted by Crippen LogP contribution is -2.47. The van der Waals surface area contributed by atoms with E-state index in [-0.39, 0.29) is 18.6 Å². The molecule has 0 radical (unpaired) electrons. The Hall–Kier alpha value is -2.32. The highest BCUT2D eigenvalue weighted by atomic mass is 16.5. The van der Waals surface area contributed by atoms with Crippen LogP contribution in [0.2, 0.25) is 0 Å². The zero-order chi connectivity index (χ0) is 21.5. The fourth-order valence-corrected chi connectivity index (χ4v) is 5.30. The van der Waals surface area contributed by atoms with Gasteiger partial charge in [0.05, 0.1) is 25.9 Å². The third-order valence-corrected chi connectivity index (χ3v) is 7.26. The van der Waals surface area contributed by atoms with E-state index >= 15 is 0 Å². The van der Waals surface area contributed by atoms with E-state index in [0.29, 0.717) is 50.3 Å². The number of anilines is 1. The lowest BCUT2D eigenvalue weighted by molar-refractivity contribution is -0.142.